The number of unbranched alkanes of at least 4 members (excludes halogenated alkanes) is 3. The number of rotatable bonds is 7. The summed E-state index contributed by atoms with van der Waals surface area (Å²) in [6.07, 6.45) is 8.43. The van der Waals surface area contributed by atoms with Crippen LogP contribution in [-0.4, -0.2) is 11.1 Å². The number of benzene rings is 1. The lowest BCUT2D eigenvalue weighted by molar-refractivity contribution is 0.593. The molecule has 2 nitrogen and oxygen atoms in total. The van der Waals surface area contributed by atoms with Crippen LogP contribution < -0.4 is 5.73 Å². The zero-order chi connectivity index (χ0) is 12.8. The molecule has 2 N–H and O–H groups in total. The second-order valence-electron chi connectivity index (χ2n) is 4.96. The van der Waals surface area contributed by atoms with Gasteiger partial charge in [-0.25, -0.2) is 0 Å². The van der Waals surface area contributed by atoms with Gasteiger partial charge in [-0.1, -0.05) is 44.4 Å². The minimum Gasteiger partial charge on any atom is -0.347 e. The summed E-state index contributed by atoms with van der Waals surface area (Å²) in [5, 5.41) is 1.34. The Morgan fingerprint density at radius 3 is 2.78 bits per heavy atom. The molecular formula is C16H24N2. The number of aromatic nitrogens is 1. The molecule has 0 atom stereocenters. The van der Waals surface area contributed by atoms with Crippen LogP contribution in [0.25, 0.3) is 10.9 Å². The lowest BCUT2D eigenvalue weighted by atomic mass is 10.1. The minimum atomic E-state index is 0.722. The molecule has 0 aliphatic carbocycles. The zero-order valence-electron chi connectivity index (χ0n) is 11.4. The molecule has 0 aliphatic rings. The van der Waals surface area contributed by atoms with Crippen molar-refractivity contribution in [2.24, 2.45) is 5.73 Å². The third-order valence-electron chi connectivity index (χ3n) is 3.54. The van der Waals surface area contributed by atoms with Crippen LogP contribution in [0.1, 0.15) is 38.2 Å². The van der Waals surface area contributed by atoms with Crippen molar-refractivity contribution in [3.8, 4) is 0 Å². The van der Waals surface area contributed by atoms with E-state index in [1.165, 1.54) is 42.1 Å². The van der Waals surface area contributed by atoms with Crippen molar-refractivity contribution in [3.63, 3.8) is 0 Å². The molecule has 0 amide bonds. The molecular weight excluding hydrogens is 220 g/mol. The Bertz CT molecular complexity index is 485. The van der Waals surface area contributed by atoms with Gasteiger partial charge in [0.2, 0.25) is 0 Å². The number of hydrogen-bond donors (Lipinski definition) is 1. The van der Waals surface area contributed by atoms with Gasteiger partial charge >= 0.3 is 0 Å². The zero-order valence-corrected chi connectivity index (χ0v) is 11.4. The maximum atomic E-state index is 5.70. The topological polar surface area (TPSA) is 30.9 Å². The van der Waals surface area contributed by atoms with Gasteiger partial charge in [0, 0.05) is 12.7 Å². The predicted molar refractivity (Wildman–Crippen MR) is 78.8 cm³/mol. The van der Waals surface area contributed by atoms with Crippen LogP contribution in [0.4, 0.5) is 0 Å². The van der Waals surface area contributed by atoms with Crippen molar-refractivity contribution in [2.75, 3.05) is 6.54 Å². The average molecular weight is 244 g/mol. The molecule has 1 aromatic heterocycles. The number of hydrogen-bond acceptors (Lipinski definition) is 1. The van der Waals surface area contributed by atoms with E-state index in [4.69, 9.17) is 5.73 Å². The van der Waals surface area contributed by atoms with Crippen molar-refractivity contribution in [1.82, 2.24) is 4.57 Å². The quantitative estimate of drug-likeness (QED) is 0.739. The summed E-state index contributed by atoms with van der Waals surface area (Å²) < 4.78 is 2.40. The first-order valence-corrected chi connectivity index (χ1v) is 7.13. The van der Waals surface area contributed by atoms with E-state index in [9.17, 15) is 0 Å². The Morgan fingerprint density at radius 2 is 2.00 bits per heavy atom. The molecule has 2 aromatic rings. The van der Waals surface area contributed by atoms with Crippen molar-refractivity contribution >= 4 is 10.9 Å². The standard InChI is InChI=1S/C16H24N2/c1-2-3-4-5-12-18-13-10-15-8-6-7-14(9-11-17)16(15)18/h6-8,10,13H,2-5,9,11-12,17H2,1H3. The van der Waals surface area contributed by atoms with Gasteiger partial charge < -0.3 is 10.3 Å². The summed E-state index contributed by atoms with van der Waals surface area (Å²) in [4.78, 5) is 0. The van der Waals surface area contributed by atoms with E-state index >= 15 is 0 Å². The summed E-state index contributed by atoms with van der Waals surface area (Å²) in [5.74, 6) is 0. The third-order valence-corrected chi connectivity index (χ3v) is 3.54. The molecule has 0 saturated heterocycles. The number of fused-ring (bicyclic) bond motifs is 1. The Hall–Kier alpha value is -1.28. The molecule has 0 unspecified atom stereocenters. The Morgan fingerprint density at radius 1 is 1.11 bits per heavy atom. The van der Waals surface area contributed by atoms with Crippen molar-refractivity contribution in [1.29, 1.82) is 0 Å². The van der Waals surface area contributed by atoms with E-state index in [0.717, 1.165) is 19.5 Å². The van der Waals surface area contributed by atoms with E-state index in [0.29, 0.717) is 0 Å². The number of nitrogens with two attached hydrogens (primary N) is 1. The van der Waals surface area contributed by atoms with Gasteiger partial charge in [0.05, 0.1) is 5.52 Å². The van der Waals surface area contributed by atoms with Crippen LogP contribution in [-0.2, 0) is 13.0 Å². The molecule has 0 saturated carbocycles. The fraction of sp³-hybridized carbons (Fsp3) is 0.500. The maximum Gasteiger partial charge on any atom is 0.0513 e. The van der Waals surface area contributed by atoms with E-state index < -0.39 is 0 Å². The van der Waals surface area contributed by atoms with E-state index in [2.05, 4.69) is 42.0 Å². The van der Waals surface area contributed by atoms with Crippen molar-refractivity contribution < 1.29 is 0 Å². The highest BCUT2D eigenvalue weighted by atomic mass is 14.9. The smallest absolute Gasteiger partial charge is 0.0513 e. The molecule has 0 spiro atoms. The lowest BCUT2D eigenvalue weighted by Crippen LogP contribution is -2.05. The second-order valence-corrected chi connectivity index (χ2v) is 4.96. The minimum absolute atomic E-state index is 0.722. The Labute approximate surface area is 110 Å². The molecule has 0 fully saturated rings. The SMILES string of the molecule is CCCCCCn1ccc2cccc(CCN)c21. The van der Waals surface area contributed by atoms with Crippen molar-refractivity contribution in [3.05, 3.63) is 36.0 Å². The fourth-order valence-corrected chi connectivity index (χ4v) is 2.59. The summed E-state index contributed by atoms with van der Waals surface area (Å²) >= 11 is 0. The highest BCUT2D eigenvalue weighted by Gasteiger charge is 2.05. The molecule has 0 aliphatic heterocycles. The monoisotopic (exact) mass is 244 g/mol. The van der Waals surface area contributed by atoms with Gasteiger partial charge in [0.25, 0.3) is 0 Å². The van der Waals surface area contributed by atoms with Gasteiger partial charge in [-0.2, -0.15) is 0 Å². The van der Waals surface area contributed by atoms with Gasteiger partial charge in [0.15, 0.2) is 0 Å². The van der Waals surface area contributed by atoms with Crippen LogP contribution >= 0.6 is 0 Å². The largest absolute Gasteiger partial charge is 0.347 e. The number of nitrogens with zero attached hydrogens (tertiary/aromatic N) is 1. The van der Waals surface area contributed by atoms with Crippen LogP contribution in [0, 0.1) is 0 Å². The summed E-state index contributed by atoms with van der Waals surface area (Å²) in [5.41, 5.74) is 8.47. The van der Waals surface area contributed by atoms with Crippen LogP contribution in [0.15, 0.2) is 30.5 Å². The average Bonchev–Trinajstić information content (AvgIpc) is 2.80. The first kappa shape index (κ1) is 13.2. The molecule has 2 rings (SSSR count). The van der Waals surface area contributed by atoms with Crippen LogP contribution in [0.3, 0.4) is 0 Å². The highest BCUT2D eigenvalue weighted by Crippen LogP contribution is 2.21. The summed E-state index contributed by atoms with van der Waals surface area (Å²) in [7, 11) is 0. The third kappa shape index (κ3) is 2.94. The first-order chi connectivity index (χ1) is 8.86. The Kier molecular flexibility index (Phi) is 4.82. The van der Waals surface area contributed by atoms with Gasteiger partial charge in [0.1, 0.15) is 0 Å². The van der Waals surface area contributed by atoms with Gasteiger partial charge in [-0.3, -0.25) is 0 Å². The molecule has 2 heteroatoms. The molecule has 18 heavy (non-hydrogen) atoms. The predicted octanol–water partition coefficient (Wildman–Crippen LogP) is 3.72. The number of para-hydroxylation sites is 1. The van der Waals surface area contributed by atoms with E-state index in [1.807, 2.05) is 0 Å². The van der Waals surface area contributed by atoms with Crippen LogP contribution in [0.5, 0.6) is 0 Å². The Balaban J connectivity index is 2.16. The molecule has 1 aromatic carbocycles. The fourth-order valence-electron chi connectivity index (χ4n) is 2.59. The summed E-state index contributed by atoms with van der Waals surface area (Å²) in [6.45, 7) is 4.11. The van der Waals surface area contributed by atoms with E-state index in [-0.39, 0.29) is 0 Å². The second kappa shape index (κ2) is 6.60. The molecule has 98 valence electrons. The van der Waals surface area contributed by atoms with Gasteiger partial charge in [-0.15, -0.1) is 0 Å². The first-order valence-electron chi connectivity index (χ1n) is 7.13. The van der Waals surface area contributed by atoms with Crippen molar-refractivity contribution in [2.45, 2.75) is 45.6 Å². The number of aryl methyl sites for hydroxylation is 1. The van der Waals surface area contributed by atoms with Gasteiger partial charge in [-0.05, 0) is 36.4 Å². The molecule has 0 bridgehead atoms. The van der Waals surface area contributed by atoms with E-state index in [1.54, 1.807) is 0 Å². The normalized spacial score (nSPS) is 11.2. The summed E-state index contributed by atoms with van der Waals surface area (Å²) in [6, 6.07) is 8.75. The maximum absolute atomic E-state index is 5.70. The highest BCUT2D eigenvalue weighted by molar-refractivity contribution is 5.83. The molecule has 0 radical (unpaired) electrons. The lowest BCUT2D eigenvalue weighted by Gasteiger charge is -2.09. The molecule has 1 heterocycles. The van der Waals surface area contributed by atoms with Crippen LogP contribution in [0.2, 0.25) is 0 Å².